The third kappa shape index (κ3) is 6.32. The fourth-order valence-electron chi connectivity index (χ4n) is 1.80. The molecule has 0 unspecified atom stereocenters. The van der Waals surface area contributed by atoms with E-state index >= 15 is 0 Å². The second kappa shape index (κ2) is 10.1. The molecule has 0 amide bonds. The topological polar surface area (TPSA) is 46.8 Å². The molecule has 0 saturated heterocycles. The number of nitrogens with zero attached hydrogens (tertiary/aromatic N) is 1. The van der Waals surface area contributed by atoms with Gasteiger partial charge in [0.1, 0.15) is 0 Å². The molecular weight excluding hydrogens is 326 g/mol. The van der Waals surface area contributed by atoms with Crippen LogP contribution in [0, 0.1) is 11.3 Å². The van der Waals surface area contributed by atoms with Crippen LogP contribution in [0.25, 0.3) is 6.08 Å². The summed E-state index contributed by atoms with van der Waals surface area (Å²) in [7, 11) is 0. The van der Waals surface area contributed by atoms with Crippen molar-refractivity contribution in [2.24, 2.45) is 0 Å². The summed E-state index contributed by atoms with van der Waals surface area (Å²) in [6.45, 7) is 0. The zero-order valence-electron chi connectivity index (χ0n) is 12.4. The Hall–Kier alpha value is -2.66. The Labute approximate surface area is 147 Å². The molecule has 3 rings (SSSR count). The Morgan fingerprint density at radius 2 is 1.65 bits per heavy atom. The van der Waals surface area contributed by atoms with Crippen LogP contribution in [-0.2, 0) is 17.1 Å². The minimum Gasteiger partial charge on any atom is -0.872 e. The zero-order valence-corrected chi connectivity index (χ0v) is 13.5. The number of nitriles is 1. The summed E-state index contributed by atoms with van der Waals surface area (Å²) in [5.41, 5.74) is 2.21. The Morgan fingerprint density at radius 1 is 1.04 bits per heavy atom. The molecule has 2 aromatic rings. The van der Waals surface area contributed by atoms with E-state index in [0.29, 0.717) is 11.1 Å². The van der Waals surface area contributed by atoms with Crippen molar-refractivity contribution in [3.8, 4) is 6.07 Å². The molecule has 0 aliphatic heterocycles. The Balaban J connectivity index is 0.000000377. The zero-order chi connectivity index (χ0) is 15.6. The summed E-state index contributed by atoms with van der Waals surface area (Å²) in [6, 6.07) is 19.1. The average molecular weight is 341 g/mol. The van der Waals surface area contributed by atoms with E-state index in [1.54, 1.807) is 30.4 Å². The van der Waals surface area contributed by atoms with Crippen LogP contribution in [0.3, 0.4) is 0 Å². The summed E-state index contributed by atoms with van der Waals surface area (Å²) in [4.78, 5) is 0. The van der Waals surface area contributed by atoms with E-state index in [2.05, 4.69) is 6.07 Å². The third-order valence-electron chi connectivity index (χ3n) is 2.97. The van der Waals surface area contributed by atoms with Gasteiger partial charge in [0.2, 0.25) is 0 Å². The number of allylic oxidation sites excluding steroid dienone is 6. The molecule has 0 saturated carbocycles. The van der Waals surface area contributed by atoms with Crippen molar-refractivity contribution in [1.82, 2.24) is 0 Å². The van der Waals surface area contributed by atoms with Crippen molar-refractivity contribution in [3.63, 3.8) is 0 Å². The van der Waals surface area contributed by atoms with E-state index in [4.69, 9.17) is 5.26 Å². The van der Waals surface area contributed by atoms with Crippen molar-refractivity contribution in [2.75, 3.05) is 0 Å². The summed E-state index contributed by atoms with van der Waals surface area (Å²) in [5, 5.41) is 20.3. The molecule has 0 radical (unpaired) electrons. The van der Waals surface area contributed by atoms with Gasteiger partial charge in [-0.1, -0.05) is 48.6 Å². The van der Waals surface area contributed by atoms with Crippen molar-refractivity contribution in [3.05, 3.63) is 107 Å². The quantitative estimate of drug-likeness (QED) is 0.475. The van der Waals surface area contributed by atoms with Gasteiger partial charge < -0.3 is 5.11 Å². The molecule has 114 valence electrons. The van der Waals surface area contributed by atoms with Crippen LogP contribution in [0.4, 0.5) is 0 Å². The second-order valence-corrected chi connectivity index (χ2v) is 4.57. The molecule has 0 fully saturated rings. The molecule has 1 aliphatic rings. The van der Waals surface area contributed by atoms with E-state index in [1.807, 2.05) is 54.6 Å². The van der Waals surface area contributed by atoms with Crippen molar-refractivity contribution < 1.29 is 22.2 Å². The van der Waals surface area contributed by atoms with Gasteiger partial charge in [-0.25, -0.2) is 12.1 Å². The van der Waals surface area contributed by atoms with Gasteiger partial charge in [-0.15, -0.1) is 5.76 Å². The molecule has 0 bridgehead atoms. The molecule has 0 aromatic heterocycles. The fourth-order valence-corrected chi connectivity index (χ4v) is 1.80. The minimum atomic E-state index is -0.0145. The predicted octanol–water partition coefficient (Wildman–Crippen LogP) is 3.71. The van der Waals surface area contributed by atoms with Crippen LogP contribution < -0.4 is 5.11 Å². The van der Waals surface area contributed by atoms with Gasteiger partial charge in [-0.3, -0.25) is 0 Å². The summed E-state index contributed by atoms with van der Waals surface area (Å²) < 4.78 is 0. The van der Waals surface area contributed by atoms with Gasteiger partial charge >= 0.3 is 17.1 Å². The van der Waals surface area contributed by atoms with Crippen molar-refractivity contribution in [1.29, 1.82) is 5.26 Å². The first-order valence-electron chi connectivity index (χ1n) is 6.90. The van der Waals surface area contributed by atoms with Crippen molar-refractivity contribution in [2.45, 2.75) is 0 Å². The molecule has 2 aromatic carbocycles. The number of hydrogen-bond acceptors (Lipinski definition) is 2. The molecule has 0 atom stereocenters. The van der Waals surface area contributed by atoms with Crippen LogP contribution in [0.15, 0.2) is 96.3 Å². The molecule has 3 heteroatoms. The summed E-state index contributed by atoms with van der Waals surface area (Å²) in [5.74, 6) is -0.0145. The standard InChI is InChI=1S/C15H11NO.C5H5.Fe/c16-11-13-7-5-12(6-8-13)9-10-15(17)14-3-1-2-4-14;1-2-4-5-3-1;/h1-10,17H;1-5H;/q;-1;+2/p-1/b10-9+;;. The SMILES string of the molecule is N#Cc1ccc(/C=C/C([O-])=C2C=CC=C2)cc1.[Fe+2].c1cc[cH-]c1. The van der Waals surface area contributed by atoms with Gasteiger partial charge in [-0.2, -0.15) is 23.5 Å². The maximum absolute atomic E-state index is 11.7. The van der Waals surface area contributed by atoms with Crippen LogP contribution in [-0.4, -0.2) is 0 Å². The Morgan fingerprint density at radius 3 is 2.13 bits per heavy atom. The maximum Gasteiger partial charge on any atom is 2.00 e. The number of hydrogen-bond donors (Lipinski definition) is 0. The summed E-state index contributed by atoms with van der Waals surface area (Å²) in [6.07, 6.45) is 10.5. The van der Waals surface area contributed by atoms with Crippen LogP contribution in [0.2, 0.25) is 0 Å². The average Bonchev–Trinajstić information content (AvgIpc) is 3.28. The van der Waals surface area contributed by atoms with Gasteiger partial charge in [0.05, 0.1) is 11.6 Å². The van der Waals surface area contributed by atoms with Gasteiger partial charge in [0.15, 0.2) is 0 Å². The van der Waals surface area contributed by atoms with Crippen LogP contribution in [0.5, 0.6) is 0 Å². The van der Waals surface area contributed by atoms with E-state index in [-0.39, 0.29) is 22.8 Å². The smallest absolute Gasteiger partial charge is 0.872 e. The maximum atomic E-state index is 11.7. The predicted molar refractivity (Wildman–Crippen MR) is 87.5 cm³/mol. The summed E-state index contributed by atoms with van der Waals surface area (Å²) >= 11 is 0. The minimum absolute atomic E-state index is 0. The molecule has 2 nitrogen and oxygen atoms in total. The number of benzene rings is 1. The normalized spacial score (nSPS) is 11.5. The van der Waals surface area contributed by atoms with Gasteiger partial charge in [0.25, 0.3) is 0 Å². The molecule has 23 heavy (non-hydrogen) atoms. The Kier molecular flexibility index (Phi) is 8.10. The molecular formula is C20H15FeNO. The first-order valence-corrected chi connectivity index (χ1v) is 6.90. The van der Waals surface area contributed by atoms with Crippen LogP contribution in [0.1, 0.15) is 11.1 Å². The monoisotopic (exact) mass is 341 g/mol. The molecule has 0 N–H and O–H groups in total. The van der Waals surface area contributed by atoms with Crippen molar-refractivity contribution >= 4 is 6.08 Å². The molecule has 0 heterocycles. The second-order valence-electron chi connectivity index (χ2n) is 4.57. The van der Waals surface area contributed by atoms with E-state index in [9.17, 15) is 5.11 Å². The van der Waals surface area contributed by atoms with E-state index < -0.39 is 0 Å². The fraction of sp³-hybridized carbons (Fsp3) is 0. The van der Waals surface area contributed by atoms with Gasteiger partial charge in [0, 0.05) is 0 Å². The first-order chi connectivity index (χ1) is 10.8. The number of rotatable bonds is 2. The molecule has 0 spiro atoms. The first kappa shape index (κ1) is 18.4. The van der Waals surface area contributed by atoms with Gasteiger partial charge in [-0.05, 0) is 23.3 Å². The third-order valence-corrected chi connectivity index (χ3v) is 2.97. The molecule has 1 aliphatic carbocycles. The van der Waals surface area contributed by atoms with Crippen LogP contribution >= 0.6 is 0 Å². The largest absolute Gasteiger partial charge is 2.00 e. The van der Waals surface area contributed by atoms with E-state index in [1.165, 1.54) is 6.08 Å². The van der Waals surface area contributed by atoms with E-state index in [0.717, 1.165) is 5.56 Å². The Bertz CT molecular complexity index is 711.